The van der Waals surface area contributed by atoms with Gasteiger partial charge in [0.05, 0.1) is 0 Å². The van der Waals surface area contributed by atoms with E-state index in [1.807, 2.05) is 0 Å². The van der Waals surface area contributed by atoms with Crippen LogP contribution in [0, 0.1) is 0 Å². The van der Waals surface area contributed by atoms with Crippen molar-refractivity contribution >= 4 is 11.6 Å². The number of carbonyl (C=O) groups is 1. The summed E-state index contributed by atoms with van der Waals surface area (Å²) >= 11 is 0. The molecule has 5 heteroatoms. The van der Waals surface area contributed by atoms with Crippen molar-refractivity contribution in [3.05, 3.63) is 0 Å². The van der Waals surface area contributed by atoms with Crippen molar-refractivity contribution in [2.45, 2.75) is 50.8 Å². The third-order valence-corrected chi connectivity index (χ3v) is 3.52. The fourth-order valence-corrected chi connectivity index (χ4v) is 2.47. The zero-order valence-electron chi connectivity index (χ0n) is 9.03. The summed E-state index contributed by atoms with van der Waals surface area (Å²) < 4.78 is 0. The smallest absolute Gasteiger partial charge is 0.196 e. The number of Topliss-reactive ketones (excluding diaryl/α,β-unsaturated/α-hetero) is 1. The summed E-state index contributed by atoms with van der Waals surface area (Å²) in [7, 11) is 0. The Morgan fingerprint density at radius 1 is 1.47 bits per heavy atom. The van der Waals surface area contributed by atoms with E-state index < -0.39 is 11.3 Å². The highest BCUT2D eigenvalue weighted by atomic mass is 16.6. The van der Waals surface area contributed by atoms with Gasteiger partial charge in [-0.25, -0.2) is 5.06 Å². The Kier molecular flexibility index (Phi) is 2.13. The fraction of sp³-hybridized carbons (Fsp3) is 0.800. The van der Waals surface area contributed by atoms with Crippen LogP contribution in [0.4, 0.5) is 0 Å². The third-order valence-electron chi connectivity index (χ3n) is 3.52. The van der Waals surface area contributed by atoms with Gasteiger partial charge in [-0.1, -0.05) is 6.42 Å². The number of aliphatic imine (C=N–C) groups is 1. The molecule has 1 heterocycles. The third kappa shape index (κ3) is 1.23. The van der Waals surface area contributed by atoms with Crippen LogP contribution < -0.4 is 0 Å². The first-order valence-corrected chi connectivity index (χ1v) is 5.23. The van der Waals surface area contributed by atoms with Gasteiger partial charge in [-0.3, -0.25) is 15.0 Å². The number of rotatable bonds is 1. The molecule has 2 aliphatic rings. The average Bonchev–Trinajstić information content (AvgIpc) is 2.38. The molecule has 2 unspecified atom stereocenters. The first-order chi connectivity index (χ1) is 6.91. The minimum absolute atomic E-state index is 0.0260. The van der Waals surface area contributed by atoms with Crippen molar-refractivity contribution in [3.8, 4) is 0 Å². The van der Waals surface area contributed by atoms with Gasteiger partial charge in [0.2, 0.25) is 0 Å². The molecule has 1 saturated carbocycles. The zero-order valence-corrected chi connectivity index (χ0v) is 9.03. The van der Waals surface area contributed by atoms with E-state index in [2.05, 4.69) is 4.99 Å². The normalized spacial score (nSPS) is 40.0. The van der Waals surface area contributed by atoms with Crippen molar-refractivity contribution < 1.29 is 15.1 Å². The summed E-state index contributed by atoms with van der Waals surface area (Å²) in [5.41, 5.74) is -2.15. The minimum Gasteiger partial charge on any atom is -0.367 e. The quantitative estimate of drug-likeness (QED) is 0.671. The second-order valence-corrected chi connectivity index (χ2v) is 4.60. The van der Waals surface area contributed by atoms with Gasteiger partial charge in [0, 0.05) is 6.92 Å². The number of hydroxylamine groups is 2. The summed E-state index contributed by atoms with van der Waals surface area (Å²) in [5, 5.41) is 20.8. The highest BCUT2D eigenvalue weighted by molar-refractivity contribution is 6.38. The molecule has 1 aliphatic heterocycles. The standard InChI is InChI=1S/C10H16N2O3/c1-7(13)8-11-9(2)5-3-4-6-10(9,14)12(8)15/h14-15H,3-6H2,1-2H3. The highest BCUT2D eigenvalue weighted by Gasteiger charge is 2.59. The van der Waals surface area contributed by atoms with Crippen LogP contribution in [0.2, 0.25) is 0 Å². The van der Waals surface area contributed by atoms with Gasteiger partial charge in [0.25, 0.3) is 0 Å². The number of ketones is 1. The Balaban J connectivity index is 2.43. The molecule has 0 radical (unpaired) electrons. The van der Waals surface area contributed by atoms with Crippen molar-refractivity contribution in [1.82, 2.24) is 5.06 Å². The Hall–Kier alpha value is -0.940. The van der Waals surface area contributed by atoms with E-state index in [1.165, 1.54) is 6.92 Å². The van der Waals surface area contributed by atoms with Crippen molar-refractivity contribution in [2.75, 3.05) is 0 Å². The number of hydrogen-bond donors (Lipinski definition) is 2. The molecule has 0 aromatic heterocycles. The molecule has 84 valence electrons. The van der Waals surface area contributed by atoms with Crippen LogP contribution in [-0.4, -0.2) is 38.3 Å². The topological polar surface area (TPSA) is 73.1 Å². The number of carbonyl (C=O) groups excluding carboxylic acids is 1. The van der Waals surface area contributed by atoms with Crippen LogP contribution in [0.25, 0.3) is 0 Å². The van der Waals surface area contributed by atoms with Crippen molar-refractivity contribution in [2.24, 2.45) is 4.99 Å². The molecule has 15 heavy (non-hydrogen) atoms. The van der Waals surface area contributed by atoms with Gasteiger partial charge in [0.15, 0.2) is 17.3 Å². The molecule has 1 aliphatic carbocycles. The fourth-order valence-electron chi connectivity index (χ4n) is 2.47. The van der Waals surface area contributed by atoms with E-state index in [9.17, 15) is 15.1 Å². The predicted molar refractivity (Wildman–Crippen MR) is 53.6 cm³/mol. The number of hydrogen-bond acceptors (Lipinski definition) is 5. The summed E-state index contributed by atoms with van der Waals surface area (Å²) in [5.74, 6) is -0.344. The van der Waals surface area contributed by atoms with Crippen molar-refractivity contribution in [1.29, 1.82) is 0 Å². The second-order valence-electron chi connectivity index (χ2n) is 4.60. The number of aliphatic hydroxyl groups is 1. The summed E-state index contributed by atoms with van der Waals surface area (Å²) in [6.45, 7) is 3.12. The molecule has 2 rings (SSSR count). The number of nitrogens with zero attached hydrogens (tertiary/aromatic N) is 2. The van der Waals surface area contributed by atoms with Gasteiger partial charge < -0.3 is 5.11 Å². The van der Waals surface area contributed by atoms with E-state index in [1.54, 1.807) is 6.92 Å². The Bertz CT molecular complexity index is 342. The maximum Gasteiger partial charge on any atom is 0.196 e. The second kappa shape index (κ2) is 3.02. The monoisotopic (exact) mass is 212 g/mol. The summed E-state index contributed by atoms with van der Waals surface area (Å²) in [4.78, 5) is 15.4. The average molecular weight is 212 g/mol. The van der Waals surface area contributed by atoms with Gasteiger partial charge in [-0.2, -0.15) is 0 Å². The SMILES string of the molecule is CC(=O)C1=NC2(C)CCCCC2(O)N1O. The largest absolute Gasteiger partial charge is 0.367 e. The van der Waals surface area contributed by atoms with Gasteiger partial charge in [-0.05, 0) is 26.2 Å². The summed E-state index contributed by atoms with van der Waals surface area (Å²) in [6, 6.07) is 0. The van der Waals surface area contributed by atoms with Crippen LogP contribution in [-0.2, 0) is 4.79 Å². The zero-order chi connectivity index (χ0) is 11.3. The van der Waals surface area contributed by atoms with Gasteiger partial charge in [-0.15, -0.1) is 0 Å². The Labute approximate surface area is 88.4 Å². The van der Waals surface area contributed by atoms with Crippen LogP contribution >= 0.6 is 0 Å². The van der Waals surface area contributed by atoms with E-state index in [0.29, 0.717) is 17.9 Å². The lowest BCUT2D eigenvalue weighted by Gasteiger charge is -2.43. The molecule has 0 aromatic carbocycles. The summed E-state index contributed by atoms with van der Waals surface area (Å²) in [6.07, 6.45) is 2.93. The molecule has 0 aromatic rings. The Morgan fingerprint density at radius 3 is 2.60 bits per heavy atom. The molecule has 5 nitrogen and oxygen atoms in total. The van der Waals surface area contributed by atoms with E-state index in [4.69, 9.17) is 0 Å². The van der Waals surface area contributed by atoms with E-state index >= 15 is 0 Å². The van der Waals surface area contributed by atoms with Crippen LogP contribution in [0.1, 0.15) is 39.5 Å². The van der Waals surface area contributed by atoms with Crippen LogP contribution in [0.15, 0.2) is 4.99 Å². The molecule has 0 saturated heterocycles. The van der Waals surface area contributed by atoms with Crippen LogP contribution in [0.3, 0.4) is 0 Å². The minimum atomic E-state index is -1.40. The molecule has 0 amide bonds. The molecule has 0 bridgehead atoms. The number of amidine groups is 1. The molecule has 2 N–H and O–H groups in total. The van der Waals surface area contributed by atoms with E-state index in [-0.39, 0.29) is 11.6 Å². The molecular formula is C10H16N2O3. The number of fused-ring (bicyclic) bond motifs is 1. The molecule has 0 spiro atoms. The molecule has 1 fully saturated rings. The molecule has 2 atom stereocenters. The Morgan fingerprint density at radius 2 is 2.07 bits per heavy atom. The van der Waals surface area contributed by atoms with Crippen LogP contribution in [0.5, 0.6) is 0 Å². The van der Waals surface area contributed by atoms with E-state index in [0.717, 1.165) is 12.8 Å². The predicted octanol–water partition coefficient (Wildman–Crippen LogP) is 0.700. The lowest BCUT2D eigenvalue weighted by Crippen LogP contribution is -2.59. The van der Waals surface area contributed by atoms with Gasteiger partial charge >= 0.3 is 0 Å². The van der Waals surface area contributed by atoms with Crippen molar-refractivity contribution in [3.63, 3.8) is 0 Å². The highest BCUT2D eigenvalue weighted by Crippen LogP contribution is 2.45. The maximum atomic E-state index is 11.2. The van der Waals surface area contributed by atoms with Gasteiger partial charge in [0.1, 0.15) is 5.54 Å². The molecular weight excluding hydrogens is 196 g/mol. The first-order valence-electron chi connectivity index (χ1n) is 5.23. The maximum absolute atomic E-state index is 11.2. The lowest BCUT2D eigenvalue weighted by atomic mass is 9.77. The first kappa shape index (κ1) is 10.6. The lowest BCUT2D eigenvalue weighted by molar-refractivity contribution is -0.240.